The standard InChI is InChI=1S/C17H16N4O2S3/c1-10-3-5-12(6-4-10)18-14(22)9-25-17-21-20-16(26-17)19-15(23)13-7-11(2)8-24-13/h3-8H,9H2,1-2H3,(H,18,22)(H,19,20,23). The Hall–Kier alpha value is -2.23. The predicted octanol–water partition coefficient (Wildman–Crippen LogP) is 4.20. The van der Waals surface area contributed by atoms with Crippen LogP contribution >= 0.6 is 34.4 Å². The van der Waals surface area contributed by atoms with Crippen LogP contribution in [0, 0.1) is 13.8 Å². The Labute approximate surface area is 163 Å². The van der Waals surface area contributed by atoms with Gasteiger partial charge in [-0.2, -0.15) is 0 Å². The van der Waals surface area contributed by atoms with E-state index in [0.717, 1.165) is 16.8 Å². The minimum atomic E-state index is -0.201. The van der Waals surface area contributed by atoms with E-state index >= 15 is 0 Å². The second-order valence-electron chi connectivity index (χ2n) is 5.52. The van der Waals surface area contributed by atoms with E-state index in [4.69, 9.17) is 0 Å². The molecule has 6 nitrogen and oxygen atoms in total. The molecule has 1 aromatic carbocycles. The second kappa shape index (κ2) is 8.43. The molecule has 0 radical (unpaired) electrons. The maximum atomic E-state index is 12.1. The van der Waals surface area contributed by atoms with Crippen molar-refractivity contribution >= 4 is 57.1 Å². The smallest absolute Gasteiger partial charge is 0.267 e. The van der Waals surface area contributed by atoms with Crippen molar-refractivity contribution in [1.82, 2.24) is 10.2 Å². The number of carbonyl (C=O) groups is 2. The zero-order valence-corrected chi connectivity index (χ0v) is 16.6. The summed E-state index contributed by atoms with van der Waals surface area (Å²) in [6.45, 7) is 3.93. The Morgan fingerprint density at radius 3 is 2.54 bits per heavy atom. The number of thiophene rings is 1. The molecule has 0 fully saturated rings. The Morgan fingerprint density at radius 2 is 1.85 bits per heavy atom. The first kappa shape index (κ1) is 18.6. The fourth-order valence-corrected chi connectivity index (χ4v) is 4.33. The molecular formula is C17H16N4O2S3. The lowest BCUT2D eigenvalue weighted by atomic mass is 10.2. The monoisotopic (exact) mass is 404 g/mol. The summed E-state index contributed by atoms with van der Waals surface area (Å²) in [6.07, 6.45) is 0. The van der Waals surface area contributed by atoms with E-state index < -0.39 is 0 Å². The molecule has 0 aliphatic rings. The van der Waals surface area contributed by atoms with Gasteiger partial charge in [-0.05, 0) is 43.0 Å². The fraction of sp³-hybridized carbons (Fsp3) is 0.176. The molecule has 0 aliphatic heterocycles. The average molecular weight is 405 g/mol. The average Bonchev–Trinajstić information content (AvgIpc) is 3.24. The van der Waals surface area contributed by atoms with Crippen molar-refractivity contribution in [1.29, 1.82) is 0 Å². The normalized spacial score (nSPS) is 10.5. The molecule has 3 aromatic rings. The molecule has 2 amide bonds. The number of hydrogen-bond donors (Lipinski definition) is 2. The Balaban J connectivity index is 1.49. The van der Waals surface area contributed by atoms with Gasteiger partial charge in [-0.15, -0.1) is 21.5 Å². The quantitative estimate of drug-likeness (QED) is 0.475. The van der Waals surface area contributed by atoms with Crippen LogP contribution in [0.1, 0.15) is 20.8 Å². The number of carbonyl (C=O) groups excluding carboxylic acids is 2. The number of rotatable bonds is 6. The van der Waals surface area contributed by atoms with Crippen molar-refractivity contribution < 1.29 is 9.59 Å². The van der Waals surface area contributed by atoms with Crippen molar-refractivity contribution in [2.45, 2.75) is 18.2 Å². The summed E-state index contributed by atoms with van der Waals surface area (Å²) in [7, 11) is 0. The minimum absolute atomic E-state index is 0.117. The lowest BCUT2D eigenvalue weighted by molar-refractivity contribution is -0.113. The van der Waals surface area contributed by atoms with Gasteiger partial charge in [0.05, 0.1) is 10.6 Å². The molecule has 0 atom stereocenters. The lowest BCUT2D eigenvalue weighted by Gasteiger charge is -2.04. The molecule has 2 N–H and O–H groups in total. The van der Waals surface area contributed by atoms with Crippen molar-refractivity contribution in [3.8, 4) is 0 Å². The van der Waals surface area contributed by atoms with Crippen LogP contribution in [0.4, 0.5) is 10.8 Å². The molecular weight excluding hydrogens is 388 g/mol. The van der Waals surface area contributed by atoms with Crippen molar-refractivity contribution in [3.05, 3.63) is 51.7 Å². The lowest BCUT2D eigenvalue weighted by Crippen LogP contribution is -2.13. The van der Waals surface area contributed by atoms with Crippen LogP contribution in [0.2, 0.25) is 0 Å². The van der Waals surface area contributed by atoms with Crippen molar-refractivity contribution in [3.63, 3.8) is 0 Å². The number of nitrogens with one attached hydrogen (secondary N) is 2. The van der Waals surface area contributed by atoms with Gasteiger partial charge < -0.3 is 5.32 Å². The molecule has 2 aromatic heterocycles. The Morgan fingerprint density at radius 1 is 1.08 bits per heavy atom. The zero-order chi connectivity index (χ0) is 18.5. The van der Waals surface area contributed by atoms with Crippen molar-refractivity contribution in [2.75, 3.05) is 16.4 Å². The highest BCUT2D eigenvalue weighted by Crippen LogP contribution is 2.26. The SMILES string of the molecule is Cc1ccc(NC(=O)CSc2nnc(NC(=O)c3cc(C)cs3)s2)cc1. The van der Waals surface area contributed by atoms with Crippen LogP contribution in [0.3, 0.4) is 0 Å². The zero-order valence-electron chi connectivity index (χ0n) is 14.1. The van der Waals surface area contributed by atoms with Crippen LogP contribution in [0.5, 0.6) is 0 Å². The van der Waals surface area contributed by atoms with E-state index in [2.05, 4.69) is 20.8 Å². The molecule has 134 valence electrons. The van der Waals surface area contributed by atoms with E-state index in [1.54, 1.807) is 0 Å². The number of anilines is 2. The summed E-state index contributed by atoms with van der Waals surface area (Å²) in [4.78, 5) is 24.7. The van der Waals surface area contributed by atoms with E-state index in [1.807, 2.05) is 49.6 Å². The molecule has 0 aliphatic carbocycles. The van der Waals surface area contributed by atoms with Gasteiger partial charge >= 0.3 is 0 Å². The fourth-order valence-electron chi connectivity index (χ4n) is 1.99. The van der Waals surface area contributed by atoms with E-state index in [0.29, 0.717) is 14.3 Å². The molecule has 9 heteroatoms. The Bertz CT molecular complexity index is 918. The van der Waals surface area contributed by atoms with Crippen LogP contribution in [0.15, 0.2) is 40.1 Å². The molecule has 0 bridgehead atoms. The van der Waals surface area contributed by atoms with Gasteiger partial charge in [-0.3, -0.25) is 14.9 Å². The van der Waals surface area contributed by atoms with Gasteiger partial charge in [0.25, 0.3) is 5.91 Å². The summed E-state index contributed by atoms with van der Waals surface area (Å²) >= 11 is 3.92. The minimum Gasteiger partial charge on any atom is -0.325 e. The second-order valence-corrected chi connectivity index (χ2v) is 8.63. The van der Waals surface area contributed by atoms with Crippen molar-refractivity contribution in [2.24, 2.45) is 0 Å². The van der Waals surface area contributed by atoms with Crippen LogP contribution in [-0.2, 0) is 4.79 Å². The summed E-state index contributed by atoms with van der Waals surface area (Å²) in [5, 5.41) is 15.8. The number of hydrogen-bond acceptors (Lipinski definition) is 7. The third-order valence-corrected chi connectivity index (χ3v) is 6.26. The van der Waals surface area contributed by atoms with Gasteiger partial charge in [0.1, 0.15) is 0 Å². The van der Waals surface area contributed by atoms with Crippen LogP contribution in [-0.4, -0.2) is 27.8 Å². The molecule has 0 spiro atoms. The predicted molar refractivity (Wildman–Crippen MR) is 107 cm³/mol. The Kier molecular flexibility index (Phi) is 6.02. The number of amides is 2. The number of aromatic nitrogens is 2. The summed E-state index contributed by atoms with van der Waals surface area (Å²) in [5.41, 5.74) is 2.95. The third kappa shape index (κ3) is 5.13. The van der Waals surface area contributed by atoms with Gasteiger partial charge in [0.2, 0.25) is 11.0 Å². The van der Waals surface area contributed by atoms with E-state index in [9.17, 15) is 9.59 Å². The van der Waals surface area contributed by atoms with Crippen LogP contribution in [0.25, 0.3) is 0 Å². The number of benzene rings is 1. The molecule has 3 rings (SSSR count). The molecule has 0 saturated carbocycles. The maximum absolute atomic E-state index is 12.1. The van der Waals surface area contributed by atoms with Gasteiger partial charge in [0, 0.05) is 5.69 Å². The molecule has 2 heterocycles. The first-order valence-corrected chi connectivity index (χ1v) is 10.4. The molecule has 0 saturated heterocycles. The first-order chi connectivity index (χ1) is 12.5. The van der Waals surface area contributed by atoms with Gasteiger partial charge in [0.15, 0.2) is 4.34 Å². The third-order valence-electron chi connectivity index (χ3n) is 3.24. The summed E-state index contributed by atoms with van der Waals surface area (Å²) in [5.74, 6) is -0.0952. The highest BCUT2D eigenvalue weighted by atomic mass is 32.2. The highest BCUT2D eigenvalue weighted by Gasteiger charge is 2.13. The highest BCUT2D eigenvalue weighted by molar-refractivity contribution is 8.01. The molecule has 26 heavy (non-hydrogen) atoms. The molecule has 0 unspecified atom stereocenters. The summed E-state index contributed by atoms with van der Waals surface area (Å²) in [6, 6.07) is 9.44. The number of aryl methyl sites for hydroxylation is 2. The largest absolute Gasteiger partial charge is 0.325 e. The van der Waals surface area contributed by atoms with E-state index in [-0.39, 0.29) is 17.6 Å². The van der Waals surface area contributed by atoms with Gasteiger partial charge in [-0.25, -0.2) is 0 Å². The topological polar surface area (TPSA) is 84.0 Å². The first-order valence-electron chi connectivity index (χ1n) is 7.69. The van der Waals surface area contributed by atoms with E-state index in [1.165, 1.54) is 34.4 Å². The number of nitrogens with zero attached hydrogens (tertiary/aromatic N) is 2. The van der Waals surface area contributed by atoms with Gasteiger partial charge in [-0.1, -0.05) is 40.8 Å². The summed E-state index contributed by atoms with van der Waals surface area (Å²) < 4.78 is 0.627. The van der Waals surface area contributed by atoms with Crippen LogP contribution < -0.4 is 10.6 Å². The maximum Gasteiger partial charge on any atom is 0.267 e. The number of thioether (sulfide) groups is 1.